The molecule has 1 aromatic carbocycles. The summed E-state index contributed by atoms with van der Waals surface area (Å²) in [6, 6.07) is 9.94. The van der Waals surface area contributed by atoms with Crippen molar-refractivity contribution in [2.45, 2.75) is 25.3 Å². The van der Waals surface area contributed by atoms with Crippen molar-refractivity contribution in [3.8, 4) is 6.07 Å². The zero-order valence-corrected chi connectivity index (χ0v) is 12.2. The number of carbonyl (C=O) groups is 1. The van der Waals surface area contributed by atoms with Crippen molar-refractivity contribution in [2.24, 2.45) is 0 Å². The van der Waals surface area contributed by atoms with Crippen LogP contribution in [0, 0.1) is 11.3 Å². The Labute approximate surface area is 120 Å². The minimum Gasteiger partial charge on any atom is -0.342 e. The Morgan fingerprint density at radius 2 is 1.90 bits per heavy atom. The lowest BCUT2D eigenvalue weighted by molar-refractivity contribution is -0.131. The van der Waals surface area contributed by atoms with Crippen LogP contribution in [0.5, 0.6) is 0 Å². The number of piperidine rings is 1. The predicted molar refractivity (Wildman–Crippen MR) is 78.2 cm³/mol. The predicted octanol–water partition coefficient (Wildman–Crippen LogP) is 1.65. The van der Waals surface area contributed by atoms with Crippen LogP contribution in [-0.2, 0) is 11.2 Å². The summed E-state index contributed by atoms with van der Waals surface area (Å²) in [6.07, 6.45) is 2.52. The molecule has 0 spiro atoms. The van der Waals surface area contributed by atoms with Crippen molar-refractivity contribution in [3.63, 3.8) is 0 Å². The minimum absolute atomic E-state index is 0.187. The molecule has 1 aliphatic rings. The number of nitriles is 1. The van der Waals surface area contributed by atoms with E-state index in [4.69, 9.17) is 5.26 Å². The van der Waals surface area contributed by atoms with Crippen molar-refractivity contribution >= 4 is 5.91 Å². The van der Waals surface area contributed by atoms with Crippen LogP contribution in [0.15, 0.2) is 24.3 Å². The third-order valence-electron chi connectivity index (χ3n) is 3.99. The molecule has 1 aromatic rings. The van der Waals surface area contributed by atoms with E-state index in [1.54, 1.807) is 12.1 Å². The van der Waals surface area contributed by atoms with Crippen LogP contribution in [-0.4, -0.2) is 48.9 Å². The van der Waals surface area contributed by atoms with E-state index < -0.39 is 0 Å². The maximum atomic E-state index is 12.2. The second-order valence-corrected chi connectivity index (χ2v) is 5.56. The third kappa shape index (κ3) is 3.58. The van der Waals surface area contributed by atoms with Gasteiger partial charge in [-0.25, -0.2) is 0 Å². The number of rotatable bonds is 3. The first kappa shape index (κ1) is 14.5. The van der Waals surface area contributed by atoms with E-state index in [1.807, 2.05) is 17.0 Å². The van der Waals surface area contributed by atoms with Gasteiger partial charge >= 0.3 is 0 Å². The maximum Gasteiger partial charge on any atom is 0.226 e. The van der Waals surface area contributed by atoms with Crippen molar-refractivity contribution in [3.05, 3.63) is 35.4 Å². The quantitative estimate of drug-likeness (QED) is 0.840. The molecule has 1 aliphatic heterocycles. The molecule has 4 heteroatoms. The summed E-state index contributed by atoms with van der Waals surface area (Å²) >= 11 is 0. The summed E-state index contributed by atoms with van der Waals surface area (Å²) in [6.45, 7) is 1.69. The molecule has 1 fully saturated rings. The van der Waals surface area contributed by atoms with Crippen molar-refractivity contribution in [1.29, 1.82) is 5.26 Å². The number of nitrogens with zero attached hydrogens (tertiary/aromatic N) is 3. The van der Waals surface area contributed by atoms with Crippen molar-refractivity contribution in [1.82, 2.24) is 9.80 Å². The van der Waals surface area contributed by atoms with E-state index in [1.165, 1.54) is 0 Å². The van der Waals surface area contributed by atoms with E-state index in [-0.39, 0.29) is 5.91 Å². The van der Waals surface area contributed by atoms with Crippen LogP contribution >= 0.6 is 0 Å². The molecule has 0 atom stereocenters. The Morgan fingerprint density at radius 3 is 2.40 bits per heavy atom. The van der Waals surface area contributed by atoms with Crippen LogP contribution < -0.4 is 0 Å². The number of hydrogen-bond donors (Lipinski definition) is 0. The van der Waals surface area contributed by atoms with Crippen LogP contribution in [0.3, 0.4) is 0 Å². The highest BCUT2D eigenvalue weighted by Crippen LogP contribution is 2.15. The van der Waals surface area contributed by atoms with E-state index in [9.17, 15) is 4.79 Å². The van der Waals surface area contributed by atoms with Crippen LogP contribution in [0.1, 0.15) is 24.0 Å². The van der Waals surface area contributed by atoms with Gasteiger partial charge in [-0.05, 0) is 44.6 Å². The molecule has 1 saturated heterocycles. The zero-order valence-electron chi connectivity index (χ0n) is 12.2. The van der Waals surface area contributed by atoms with Crippen LogP contribution in [0.2, 0.25) is 0 Å². The van der Waals surface area contributed by atoms with Gasteiger partial charge in [-0.3, -0.25) is 4.79 Å². The molecule has 0 N–H and O–H groups in total. The van der Waals surface area contributed by atoms with E-state index in [2.05, 4.69) is 25.1 Å². The highest BCUT2D eigenvalue weighted by molar-refractivity contribution is 5.78. The summed E-state index contributed by atoms with van der Waals surface area (Å²) in [5.74, 6) is 0.187. The number of hydrogen-bond acceptors (Lipinski definition) is 3. The monoisotopic (exact) mass is 271 g/mol. The molecule has 0 unspecified atom stereocenters. The number of likely N-dealkylation sites (tertiary alicyclic amines) is 1. The van der Waals surface area contributed by atoms with Gasteiger partial charge in [0.1, 0.15) is 0 Å². The van der Waals surface area contributed by atoms with Gasteiger partial charge in [-0.2, -0.15) is 5.26 Å². The van der Waals surface area contributed by atoms with Gasteiger partial charge in [0.25, 0.3) is 0 Å². The first-order chi connectivity index (χ1) is 9.60. The molecule has 1 heterocycles. The standard InChI is InChI=1S/C16H21N3O/c1-18(2)15-7-9-19(10-8-15)16(20)11-13-3-5-14(12-17)6-4-13/h3-6,15H,7-11H2,1-2H3. The van der Waals surface area contributed by atoms with Gasteiger partial charge in [0.05, 0.1) is 18.1 Å². The smallest absolute Gasteiger partial charge is 0.226 e. The Hall–Kier alpha value is -1.86. The average Bonchev–Trinajstić information content (AvgIpc) is 2.48. The molecule has 1 amide bonds. The largest absolute Gasteiger partial charge is 0.342 e. The second kappa shape index (κ2) is 6.53. The Morgan fingerprint density at radius 1 is 1.30 bits per heavy atom. The maximum absolute atomic E-state index is 12.2. The first-order valence-corrected chi connectivity index (χ1v) is 7.03. The number of benzene rings is 1. The summed E-state index contributed by atoms with van der Waals surface area (Å²) < 4.78 is 0. The fourth-order valence-corrected chi connectivity index (χ4v) is 2.62. The minimum atomic E-state index is 0.187. The molecule has 0 saturated carbocycles. The van der Waals surface area contributed by atoms with Gasteiger partial charge in [-0.1, -0.05) is 12.1 Å². The van der Waals surface area contributed by atoms with Gasteiger partial charge in [-0.15, -0.1) is 0 Å². The van der Waals surface area contributed by atoms with E-state index in [0.29, 0.717) is 18.0 Å². The van der Waals surface area contributed by atoms with E-state index in [0.717, 1.165) is 31.5 Å². The highest BCUT2D eigenvalue weighted by Gasteiger charge is 2.23. The lowest BCUT2D eigenvalue weighted by atomic mass is 10.0. The lowest BCUT2D eigenvalue weighted by Crippen LogP contribution is -2.44. The average molecular weight is 271 g/mol. The van der Waals surface area contributed by atoms with Crippen LogP contribution in [0.25, 0.3) is 0 Å². The lowest BCUT2D eigenvalue weighted by Gasteiger charge is -2.35. The Bertz CT molecular complexity index is 493. The summed E-state index contributed by atoms with van der Waals surface area (Å²) in [7, 11) is 4.19. The highest BCUT2D eigenvalue weighted by atomic mass is 16.2. The molecular weight excluding hydrogens is 250 g/mol. The van der Waals surface area contributed by atoms with Crippen molar-refractivity contribution in [2.75, 3.05) is 27.2 Å². The zero-order chi connectivity index (χ0) is 14.5. The third-order valence-corrected chi connectivity index (χ3v) is 3.99. The van der Waals surface area contributed by atoms with E-state index >= 15 is 0 Å². The molecule has 0 aromatic heterocycles. The molecular formula is C16H21N3O. The SMILES string of the molecule is CN(C)C1CCN(C(=O)Cc2ccc(C#N)cc2)CC1. The summed E-state index contributed by atoms with van der Waals surface area (Å²) in [5.41, 5.74) is 1.61. The molecule has 20 heavy (non-hydrogen) atoms. The molecule has 0 aliphatic carbocycles. The summed E-state index contributed by atoms with van der Waals surface area (Å²) in [4.78, 5) is 16.4. The fourth-order valence-electron chi connectivity index (χ4n) is 2.62. The molecule has 0 radical (unpaired) electrons. The van der Waals surface area contributed by atoms with Crippen LogP contribution in [0.4, 0.5) is 0 Å². The molecule has 106 valence electrons. The number of carbonyl (C=O) groups excluding carboxylic acids is 1. The first-order valence-electron chi connectivity index (χ1n) is 7.03. The number of amides is 1. The van der Waals surface area contributed by atoms with Crippen molar-refractivity contribution < 1.29 is 4.79 Å². The molecule has 2 rings (SSSR count). The van der Waals surface area contributed by atoms with Gasteiger partial charge in [0.2, 0.25) is 5.91 Å². The van der Waals surface area contributed by atoms with Gasteiger partial charge < -0.3 is 9.80 Å². The van der Waals surface area contributed by atoms with Gasteiger partial charge in [0.15, 0.2) is 0 Å². The topological polar surface area (TPSA) is 47.3 Å². The Balaban J connectivity index is 1.88. The Kier molecular flexibility index (Phi) is 4.75. The normalized spacial score (nSPS) is 16.2. The van der Waals surface area contributed by atoms with Gasteiger partial charge in [0, 0.05) is 19.1 Å². The fraction of sp³-hybridized carbons (Fsp3) is 0.500. The summed E-state index contributed by atoms with van der Waals surface area (Å²) in [5, 5.41) is 8.75. The molecule has 4 nitrogen and oxygen atoms in total. The molecule has 0 bridgehead atoms. The second-order valence-electron chi connectivity index (χ2n) is 5.56.